The Bertz CT molecular complexity index is 402. The highest BCUT2D eigenvalue weighted by atomic mass is 35.5. The first kappa shape index (κ1) is 14.9. The number of aryl methyl sites for hydroxylation is 1. The van der Waals surface area contributed by atoms with E-state index in [1.54, 1.807) is 0 Å². The van der Waals surface area contributed by atoms with Crippen molar-refractivity contribution >= 4 is 11.6 Å². The molecule has 2 rings (SSSR count). The molecule has 0 heterocycles. The van der Waals surface area contributed by atoms with Crippen LogP contribution < -0.4 is 5.32 Å². The molecule has 1 fully saturated rings. The molecule has 1 saturated carbocycles. The van der Waals surface area contributed by atoms with Crippen LogP contribution in [0.4, 0.5) is 0 Å². The fourth-order valence-electron chi connectivity index (χ4n) is 3.12. The first-order valence-electron chi connectivity index (χ1n) is 7.71. The van der Waals surface area contributed by atoms with Crippen LogP contribution in [0.15, 0.2) is 18.2 Å². The molecule has 2 atom stereocenters. The minimum atomic E-state index is 0.626. The Balaban J connectivity index is 2.18. The van der Waals surface area contributed by atoms with Crippen molar-refractivity contribution in [1.82, 2.24) is 5.32 Å². The van der Waals surface area contributed by atoms with E-state index in [0.717, 1.165) is 11.6 Å². The number of rotatable bonds is 4. The molecule has 0 aromatic heterocycles. The average molecular weight is 280 g/mol. The second-order valence-electron chi connectivity index (χ2n) is 5.81. The van der Waals surface area contributed by atoms with E-state index in [2.05, 4.69) is 37.4 Å². The summed E-state index contributed by atoms with van der Waals surface area (Å²) in [5, 5.41) is 4.66. The van der Waals surface area contributed by atoms with Crippen molar-refractivity contribution in [1.29, 1.82) is 0 Å². The Morgan fingerprint density at radius 2 is 2.00 bits per heavy atom. The molecule has 0 amide bonds. The summed E-state index contributed by atoms with van der Waals surface area (Å²) in [6.07, 6.45) is 7.88. The molecule has 2 unspecified atom stereocenters. The van der Waals surface area contributed by atoms with Gasteiger partial charge in [0.2, 0.25) is 0 Å². The maximum atomic E-state index is 6.31. The van der Waals surface area contributed by atoms with Crippen LogP contribution in [0.2, 0.25) is 5.02 Å². The standard InChI is InChI=1S/C17H26ClN/c1-3-11-19-17-8-6-4-5-7-15(17)14-10-9-13(2)16(18)12-14/h9-10,12,15,17,19H,3-8,11H2,1-2H3. The zero-order valence-electron chi connectivity index (χ0n) is 12.2. The Kier molecular flexibility index (Phi) is 5.72. The summed E-state index contributed by atoms with van der Waals surface area (Å²) in [4.78, 5) is 0. The summed E-state index contributed by atoms with van der Waals surface area (Å²) in [6.45, 7) is 5.44. The van der Waals surface area contributed by atoms with E-state index in [9.17, 15) is 0 Å². The molecule has 1 aromatic carbocycles. The number of hydrogen-bond donors (Lipinski definition) is 1. The monoisotopic (exact) mass is 279 g/mol. The van der Waals surface area contributed by atoms with Gasteiger partial charge in [-0.05, 0) is 55.8 Å². The third-order valence-corrected chi connectivity index (χ3v) is 4.70. The molecule has 0 radical (unpaired) electrons. The van der Waals surface area contributed by atoms with E-state index in [0.29, 0.717) is 12.0 Å². The Morgan fingerprint density at radius 3 is 2.74 bits per heavy atom. The summed E-state index contributed by atoms with van der Waals surface area (Å²) in [5.41, 5.74) is 2.60. The lowest BCUT2D eigenvalue weighted by Gasteiger charge is -2.27. The summed E-state index contributed by atoms with van der Waals surface area (Å²) >= 11 is 6.31. The molecule has 1 nitrogen and oxygen atoms in total. The molecule has 106 valence electrons. The zero-order chi connectivity index (χ0) is 13.7. The van der Waals surface area contributed by atoms with Gasteiger partial charge in [-0.3, -0.25) is 0 Å². The molecule has 1 aliphatic rings. The molecule has 0 spiro atoms. The zero-order valence-corrected chi connectivity index (χ0v) is 13.0. The van der Waals surface area contributed by atoms with Crippen molar-refractivity contribution in [2.45, 2.75) is 64.3 Å². The number of hydrogen-bond acceptors (Lipinski definition) is 1. The molecule has 0 bridgehead atoms. The molecule has 1 aliphatic carbocycles. The second kappa shape index (κ2) is 7.31. The summed E-state index contributed by atoms with van der Waals surface area (Å²) in [5.74, 6) is 0.632. The lowest BCUT2D eigenvalue weighted by molar-refractivity contribution is 0.411. The normalized spacial score (nSPS) is 24.2. The molecule has 0 saturated heterocycles. The largest absolute Gasteiger partial charge is 0.313 e. The minimum Gasteiger partial charge on any atom is -0.313 e. The van der Waals surface area contributed by atoms with Gasteiger partial charge in [0.15, 0.2) is 0 Å². The topological polar surface area (TPSA) is 12.0 Å². The van der Waals surface area contributed by atoms with Gasteiger partial charge < -0.3 is 5.32 Å². The van der Waals surface area contributed by atoms with Crippen LogP contribution in [-0.2, 0) is 0 Å². The van der Waals surface area contributed by atoms with Crippen molar-refractivity contribution in [2.24, 2.45) is 0 Å². The highest BCUT2D eigenvalue weighted by Gasteiger charge is 2.24. The highest BCUT2D eigenvalue weighted by molar-refractivity contribution is 6.31. The van der Waals surface area contributed by atoms with Crippen molar-refractivity contribution in [2.75, 3.05) is 6.54 Å². The molecule has 1 aromatic rings. The Morgan fingerprint density at radius 1 is 1.21 bits per heavy atom. The van der Waals surface area contributed by atoms with Gasteiger partial charge in [0.25, 0.3) is 0 Å². The van der Waals surface area contributed by atoms with Gasteiger partial charge in [-0.15, -0.1) is 0 Å². The van der Waals surface area contributed by atoms with Crippen molar-refractivity contribution < 1.29 is 0 Å². The minimum absolute atomic E-state index is 0.626. The molecule has 19 heavy (non-hydrogen) atoms. The maximum absolute atomic E-state index is 6.31. The summed E-state index contributed by atoms with van der Waals surface area (Å²) in [6, 6.07) is 7.26. The fraction of sp³-hybridized carbons (Fsp3) is 0.647. The molecular formula is C17H26ClN. The van der Waals surface area contributed by atoms with Crippen LogP contribution in [0.1, 0.15) is 62.5 Å². The van der Waals surface area contributed by atoms with Gasteiger partial charge in [0.05, 0.1) is 0 Å². The van der Waals surface area contributed by atoms with E-state index in [-0.39, 0.29) is 0 Å². The molecule has 1 N–H and O–H groups in total. The predicted octanol–water partition coefficient (Wildman–Crippen LogP) is 5.06. The van der Waals surface area contributed by atoms with Gasteiger partial charge in [-0.2, -0.15) is 0 Å². The lowest BCUT2D eigenvalue weighted by atomic mass is 9.87. The molecular weight excluding hydrogens is 254 g/mol. The first-order valence-corrected chi connectivity index (χ1v) is 8.09. The van der Waals surface area contributed by atoms with Crippen LogP contribution >= 0.6 is 11.6 Å². The molecule has 2 heteroatoms. The van der Waals surface area contributed by atoms with E-state index >= 15 is 0 Å². The predicted molar refractivity (Wildman–Crippen MR) is 84.1 cm³/mol. The third-order valence-electron chi connectivity index (χ3n) is 4.30. The Labute approximate surface area is 122 Å². The first-order chi connectivity index (χ1) is 9.22. The number of nitrogens with one attached hydrogen (secondary N) is 1. The second-order valence-corrected chi connectivity index (χ2v) is 6.22. The van der Waals surface area contributed by atoms with E-state index in [4.69, 9.17) is 11.6 Å². The SMILES string of the molecule is CCCNC1CCCCCC1c1ccc(C)c(Cl)c1. The van der Waals surface area contributed by atoms with Crippen LogP contribution in [0.5, 0.6) is 0 Å². The highest BCUT2D eigenvalue weighted by Crippen LogP contribution is 2.33. The third kappa shape index (κ3) is 3.97. The van der Waals surface area contributed by atoms with Gasteiger partial charge in [-0.25, -0.2) is 0 Å². The maximum Gasteiger partial charge on any atom is 0.0438 e. The quantitative estimate of drug-likeness (QED) is 0.759. The van der Waals surface area contributed by atoms with Crippen molar-refractivity contribution in [3.63, 3.8) is 0 Å². The summed E-state index contributed by atoms with van der Waals surface area (Å²) in [7, 11) is 0. The number of halogens is 1. The molecule has 0 aliphatic heterocycles. The number of benzene rings is 1. The van der Waals surface area contributed by atoms with Gasteiger partial charge in [-0.1, -0.05) is 49.9 Å². The van der Waals surface area contributed by atoms with E-state index < -0.39 is 0 Å². The smallest absolute Gasteiger partial charge is 0.0438 e. The fourth-order valence-corrected chi connectivity index (χ4v) is 3.31. The van der Waals surface area contributed by atoms with Gasteiger partial charge in [0.1, 0.15) is 0 Å². The van der Waals surface area contributed by atoms with Crippen LogP contribution in [0.3, 0.4) is 0 Å². The van der Waals surface area contributed by atoms with Crippen molar-refractivity contribution in [3.8, 4) is 0 Å². The average Bonchev–Trinajstić information content (AvgIpc) is 2.65. The lowest BCUT2D eigenvalue weighted by Crippen LogP contribution is -2.34. The van der Waals surface area contributed by atoms with Crippen molar-refractivity contribution in [3.05, 3.63) is 34.3 Å². The van der Waals surface area contributed by atoms with Crippen LogP contribution in [-0.4, -0.2) is 12.6 Å². The van der Waals surface area contributed by atoms with E-state index in [1.807, 2.05) is 0 Å². The van der Waals surface area contributed by atoms with Gasteiger partial charge >= 0.3 is 0 Å². The van der Waals surface area contributed by atoms with E-state index in [1.165, 1.54) is 49.7 Å². The van der Waals surface area contributed by atoms with Crippen LogP contribution in [0, 0.1) is 6.92 Å². The Hall–Kier alpha value is -0.530. The van der Waals surface area contributed by atoms with Gasteiger partial charge in [0, 0.05) is 11.1 Å². The summed E-state index contributed by atoms with van der Waals surface area (Å²) < 4.78 is 0. The van der Waals surface area contributed by atoms with Crippen LogP contribution in [0.25, 0.3) is 0 Å².